The Morgan fingerprint density at radius 2 is 1.89 bits per heavy atom. The molecule has 0 unspecified atom stereocenters. The molecule has 0 heterocycles. The van der Waals surface area contributed by atoms with E-state index in [-0.39, 0.29) is 24.7 Å². The molecule has 1 aliphatic carbocycles. The van der Waals surface area contributed by atoms with Crippen molar-refractivity contribution >= 4 is 23.2 Å². The Balaban J connectivity index is 1.86. The average molecular weight is 486 g/mol. The molecule has 0 bridgehead atoms. The zero-order valence-corrected chi connectivity index (χ0v) is 20.8. The van der Waals surface area contributed by atoms with Crippen LogP contribution in [0.15, 0.2) is 76.6 Å². The molecule has 2 amide bonds. The summed E-state index contributed by atoms with van der Waals surface area (Å²) in [6.45, 7) is 5.81. The minimum absolute atomic E-state index is 0.121. The summed E-state index contributed by atoms with van der Waals surface area (Å²) in [5, 5.41) is 24.7. The number of nitrogens with zero attached hydrogens (tertiary/aromatic N) is 3. The van der Waals surface area contributed by atoms with Crippen molar-refractivity contribution in [2.24, 2.45) is 10.9 Å². The van der Waals surface area contributed by atoms with Crippen molar-refractivity contribution in [3.63, 3.8) is 0 Å². The molecule has 8 nitrogen and oxygen atoms in total. The second kappa shape index (κ2) is 11.8. The first-order valence-electron chi connectivity index (χ1n) is 11.9. The molecular weight excluding hydrogens is 454 g/mol. The lowest BCUT2D eigenvalue weighted by molar-refractivity contribution is -0.138. The number of amides is 2. The van der Waals surface area contributed by atoms with E-state index in [2.05, 4.69) is 16.5 Å². The fraction of sp³-hybridized carbons (Fsp3) is 0.286. The Labute approximate surface area is 211 Å². The zero-order chi connectivity index (χ0) is 26.2. The van der Waals surface area contributed by atoms with Gasteiger partial charge in [0, 0.05) is 31.5 Å². The van der Waals surface area contributed by atoms with Gasteiger partial charge in [0.25, 0.3) is 0 Å². The Morgan fingerprint density at radius 3 is 2.50 bits per heavy atom. The summed E-state index contributed by atoms with van der Waals surface area (Å²) >= 11 is 0. The van der Waals surface area contributed by atoms with Crippen LogP contribution in [0.25, 0.3) is 11.1 Å². The quantitative estimate of drug-likeness (QED) is 0.372. The molecule has 0 fully saturated rings. The largest absolute Gasteiger partial charge is 0.411 e. The van der Waals surface area contributed by atoms with Gasteiger partial charge in [0.2, 0.25) is 11.8 Å². The highest BCUT2D eigenvalue weighted by Crippen LogP contribution is 2.28. The topological polar surface area (TPSA) is 132 Å². The van der Waals surface area contributed by atoms with E-state index >= 15 is 0 Å². The lowest BCUT2D eigenvalue weighted by Crippen LogP contribution is -2.47. The van der Waals surface area contributed by atoms with Crippen molar-refractivity contribution < 1.29 is 14.8 Å². The molecule has 186 valence electrons. The summed E-state index contributed by atoms with van der Waals surface area (Å²) < 4.78 is 0. The van der Waals surface area contributed by atoms with Gasteiger partial charge in [0.05, 0.1) is 17.3 Å². The van der Waals surface area contributed by atoms with E-state index in [1.165, 1.54) is 0 Å². The van der Waals surface area contributed by atoms with E-state index < -0.39 is 6.04 Å². The number of nitrogens with one attached hydrogen (secondary N) is 1. The molecule has 0 aliphatic heterocycles. The van der Waals surface area contributed by atoms with Crippen LogP contribution in [0.2, 0.25) is 0 Å². The number of anilines is 1. The Kier molecular flexibility index (Phi) is 8.63. The van der Waals surface area contributed by atoms with Gasteiger partial charge in [0.15, 0.2) is 0 Å². The van der Waals surface area contributed by atoms with Gasteiger partial charge in [-0.05, 0) is 54.3 Å². The molecule has 1 atom stereocenters. The van der Waals surface area contributed by atoms with Crippen molar-refractivity contribution in [3.05, 3.63) is 77.0 Å². The number of carbonyl (C=O) groups excluding carboxylic acids is 2. The van der Waals surface area contributed by atoms with Crippen LogP contribution >= 0.6 is 0 Å². The number of allylic oxidation sites excluding steroid dienone is 3. The standard InChI is InChI=1S/C28H31N5O3/c1-4-26(34)33(5-2)25(16-20-12-15-24(32-36)27(30)18(20)3)28(35)31-22-13-10-19(11-14-22)23-9-7-6-8-21(23)17-29/h6-14,25,36H,4-5,15-16,30H2,1-3H3,(H,31,35)/t25-/m0/s1. The average Bonchev–Trinajstić information content (AvgIpc) is 2.91. The number of nitriles is 1. The molecule has 0 aromatic heterocycles. The van der Waals surface area contributed by atoms with Gasteiger partial charge in [-0.2, -0.15) is 5.26 Å². The van der Waals surface area contributed by atoms with E-state index in [4.69, 9.17) is 10.9 Å². The van der Waals surface area contributed by atoms with E-state index in [0.29, 0.717) is 35.6 Å². The Hall–Kier alpha value is -4.38. The number of hydrogen-bond donors (Lipinski definition) is 3. The number of nitrogens with two attached hydrogens (primary N) is 1. The zero-order valence-electron chi connectivity index (χ0n) is 20.8. The smallest absolute Gasteiger partial charge is 0.247 e. The number of oxime groups is 1. The number of benzene rings is 2. The fourth-order valence-corrected chi connectivity index (χ4v) is 4.32. The number of carbonyl (C=O) groups is 2. The number of likely N-dealkylation sites (N-methyl/N-ethyl adjacent to an activating group) is 1. The predicted molar refractivity (Wildman–Crippen MR) is 140 cm³/mol. The molecule has 4 N–H and O–H groups in total. The molecular formula is C28H31N5O3. The number of rotatable bonds is 8. The third-order valence-electron chi connectivity index (χ3n) is 6.43. The third-order valence-corrected chi connectivity index (χ3v) is 6.43. The lowest BCUT2D eigenvalue weighted by atomic mass is 9.89. The van der Waals surface area contributed by atoms with Crippen LogP contribution in [0.3, 0.4) is 0 Å². The maximum atomic E-state index is 13.5. The summed E-state index contributed by atoms with van der Waals surface area (Å²) in [5.74, 6) is -0.428. The van der Waals surface area contributed by atoms with E-state index in [1.54, 1.807) is 30.0 Å². The molecule has 0 saturated heterocycles. The summed E-state index contributed by atoms with van der Waals surface area (Å²) in [7, 11) is 0. The van der Waals surface area contributed by atoms with Crippen LogP contribution in [0.4, 0.5) is 5.69 Å². The van der Waals surface area contributed by atoms with Gasteiger partial charge < -0.3 is 21.2 Å². The highest BCUT2D eigenvalue weighted by Gasteiger charge is 2.30. The monoisotopic (exact) mass is 485 g/mol. The van der Waals surface area contributed by atoms with Gasteiger partial charge in [0.1, 0.15) is 11.8 Å². The molecule has 36 heavy (non-hydrogen) atoms. The first-order chi connectivity index (χ1) is 17.3. The minimum Gasteiger partial charge on any atom is -0.411 e. The Bertz CT molecular complexity index is 1270. The van der Waals surface area contributed by atoms with Crippen LogP contribution in [-0.4, -0.2) is 40.2 Å². The normalized spacial score (nSPS) is 15.2. The van der Waals surface area contributed by atoms with Gasteiger partial charge >= 0.3 is 0 Å². The second-order valence-corrected chi connectivity index (χ2v) is 8.50. The van der Waals surface area contributed by atoms with Crippen LogP contribution in [0, 0.1) is 11.3 Å². The van der Waals surface area contributed by atoms with Crippen molar-refractivity contribution in [1.82, 2.24) is 4.90 Å². The highest BCUT2D eigenvalue weighted by molar-refractivity contribution is 6.03. The Morgan fingerprint density at radius 1 is 1.19 bits per heavy atom. The summed E-state index contributed by atoms with van der Waals surface area (Å²) in [6, 6.07) is 16.0. The van der Waals surface area contributed by atoms with Crippen molar-refractivity contribution in [3.8, 4) is 17.2 Å². The highest BCUT2D eigenvalue weighted by atomic mass is 16.4. The molecule has 0 saturated carbocycles. The fourth-order valence-electron chi connectivity index (χ4n) is 4.32. The van der Waals surface area contributed by atoms with E-state index in [9.17, 15) is 14.9 Å². The maximum Gasteiger partial charge on any atom is 0.247 e. The van der Waals surface area contributed by atoms with Gasteiger partial charge in [-0.15, -0.1) is 0 Å². The second-order valence-electron chi connectivity index (χ2n) is 8.50. The maximum absolute atomic E-state index is 13.5. The molecule has 0 radical (unpaired) electrons. The van der Waals surface area contributed by atoms with Crippen LogP contribution in [0.5, 0.6) is 0 Å². The first-order valence-corrected chi connectivity index (χ1v) is 11.9. The van der Waals surface area contributed by atoms with Crippen molar-refractivity contribution in [2.45, 2.75) is 46.1 Å². The molecule has 2 aromatic rings. The van der Waals surface area contributed by atoms with Gasteiger partial charge in [-0.25, -0.2) is 0 Å². The summed E-state index contributed by atoms with van der Waals surface area (Å²) in [6.07, 6.45) is 2.79. The van der Waals surface area contributed by atoms with Gasteiger partial charge in [-0.3, -0.25) is 9.59 Å². The summed E-state index contributed by atoms with van der Waals surface area (Å²) in [5.41, 5.74) is 11.3. The third kappa shape index (κ3) is 5.63. The van der Waals surface area contributed by atoms with Crippen LogP contribution < -0.4 is 11.1 Å². The van der Waals surface area contributed by atoms with Crippen molar-refractivity contribution in [1.29, 1.82) is 5.26 Å². The molecule has 0 spiro atoms. The van der Waals surface area contributed by atoms with E-state index in [0.717, 1.165) is 22.3 Å². The van der Waals surface area contributed by atoms with Gasteiger partial charge in [-0.1, -0.05) is 48.5 Å². The molecule has 2 aromatic carbocycles. The van der Waals surface area contributed by atoms with Crippen LogP contribution in [0.1, 0.15) is 45.6 Å². The van der Waals surface area contributed by atoms with Crippen molar-refractivity contribution in [2.75, 3.05) is 11.9 Å². The molecule has 3 rings (SSSR count). The predicted octanol–water partition coefficient (Wildman–Crippen LogP) is 4.57. The SMILES string of the molecule is CCC(=O)N(CC)[C@@H](CC1=CCC(=NO)C(N)=C1C)C(=O)Nc1ccc(-c2ccccc2C#N)cc1. The lowest BCUT2D eigenvalue weighted by Gasteiger charge is -2.31. The molecule has 1 aliphatic rings. The van der Waals surface area contributed by atoms with E-state index in [1.807, 2.05) is 50.3 Å². The minimum atomic E-state index is -0.747. The van der Waals surface area contributed by atoms with Crippen LogP contribution in [-0.2, 0) is 9.59 Å². The number of hydrogen-bond acceptors (Lipinski definition) is 6. The summed E-state index contributed by atoms with van der Waals surface area (Å²) in [4.78, 5) is 27.8. The first kappa shape index (κ1) is 26.2. The molecule has 8 heteroatoms.